The highest BCUT2D eigenvalue weighted by atomic mass is 32.2. The van der Waals surface area contributed by atoms with Gasteiger partial charge in [0.2, 0.25) is 5.92 Å². The molecule has 2 aromatic rings. The lowest BCUT2D eigenvalue weighted by Gasteiger charge is -2.27. The minimum Gasteiger partial charge on any atom is -0.465 e. The molecule has 3 N–H and O–H groups in total. The first-order chi connectivity index (χ1) is 19.9. The van der Waals surface area contributed by atoms with E-state index in [1.54, 1.807) is 0 Å². The van der Waals surface area contributed by atoms with Crippen molar-refractivity contribution in [1.82, 2.24) is 10.3 Å². The Morgan fingerprint density at radius 2 is 1.93 bits per heavy atom. The largest absolute Gasteiger partial charge is 0.465 e. The van der Waals surface area contributed by atoms with Gasteiger partial charge in [0.05, 0.1) is 20.9 Å². The summed E-state index contributed by atoms with van der Waals surface area (Å²) in [7, 11) is -3.38. The number of aromatic nitrogens is 1. The number of hydrogen-bond acceptors (Lipinski definition) is 7. The molecule has 2 heterocycles. The van der Waals surface area contributed by atoms with Gasteiger partial charge in [-0.3, -0.25) is 9.59 Å². The fraction of sp³-hybridized carbons (Fsp3) is 0.423. The van der Waals surface area contributed by atoms with Gasteiger partial charge in [-0.1, -0.05) is 6.07 Å². The van der Waals surface area contributed by atoms with Crippen molar-refractivity contribution >= 4 is 39.1 Å². The van der Waals surface area contributed by atoms with Crippen LogP contribution in [0.2, 0.25) is 0 Å². The molecule has 0 radical (unpaired) electrons. The average molecular weight is 631 g/mol. The molecule has 0 saturated carbocycles. The van der Waals surface area contributed by atoms with Crippen LogP contribution in [0.15, 0.2) is 33.5 Å². The quantitative estimate of drug-likeness (QED) is 0.367. The third-order valence-electron chi connectivity index (χ3n) is 6.47. The monoisotopic (exact) mass is 630 g/mol. The van der Waals surface area contributed by atoms with Crippen LogP contribution >= 0.6 is 0 Å². The Balaban J connectivity index is 2.02. The average Bonchev–Trinajstić information content (AvgIpc) is 3.07. The molecule has 0 spiro atoms. The zero-order valence-corrected chi connectivity index (χ0v) is 23.7. The topological polar surface area (TPSA) is 165 Å². The van der Waals surface area contributed by atoms with E-state index < -0.39 is 81.8 Å². The number of hydrogen-bond donors (Lipinski definition) is 3. The summed E-state index contributed by atoms with van der Waals surface area (Å²) in [5.41, 5.74) is -3.24. The molecule has 1 aromatic carbocycles. The number of carbonyl (C=O) groups excluding carboxylic acids is 2. The first-order valence-electron chi connectivity index (χ1n) is 12.7. The van der Waals surface area contributed by atoms with Gasteiger partial charge in [-0.2, -0.15) is 22.8 Å². The molecular weight excluding hydrogens is 603 g/mol. The third-order valence-corrected chi connectivity index (χ3v) is 8.15. The molecule has 17 heteroatoms. The van der Waals surface area contributed by atoms with Gasteiger partial charge in [0.25, 0.3) is 11.8 Å². The van der Waals surface area contributed by atoms with Crippen LogP contribution in [-0.2, 0) is 20.7 Å². The number of halogens is 5. The highest BCUT2D eigenvalue weighted by Crippen LogP contribution is 2.38. The number of benzene rings is 1. The number of nitrogens with zero attached hydrogens (tertiary/aromatic N) is 4. The highest BCUT2D eigenvalue weighted by Gasteiger charge is 2.40. The predicted octanol–water partition coefficient (Wildman–Crippen LogP) is 4.80. The summed E-state index contributed by atoms with van der Waals surface area (Å²) in [5, 5.41) is 22.5. The molecule has 3 amide bonds. The number of pyridine rings is 1. The Bertz CT molecular complexity index is 1600. The van der Waals surface area contributed by atoms with Crippen molar-refractivity contribution in [2.45, 2.75) is 49.6 Å². The predicted molar refractivity (Wildman–Crippen MR) is 145 cm³/mol. The maximum Gasteiger partial charge on any atom is 0.434 e. The maximum absolute atomic E-state index is 14.0. The molecule has 0 bridgehead atoms. The zero-order chi connectivity index (χ0) is 32.2. The minimum atomic E-state index is -5.07. The summed E-state index contributed by atoms with van der Waals surface area (Å²) in [6.07, 6.45) is -6.91. The molecule has 43 heavy (non-hydrogen) atoms. The molecule has 1 aliphatic rings. The zero-order valence-electron chi connectivity index (χ0n) is 22.9. The van der Waals surface area contributed by atoms with Gasteiger partial charge in [0, 0.05) is 55.7 Å². The number of nitriles is 1. The molecule has 11 nitrogen and oxygen atoms in total. The molecule has 1 aromatic heterocycles. The van der Waals surface area contributed by atoms with Crippen molar-refractivity contribution in [1.29, 1.82) is 5.26 Å². The van der Waals surface area contributed by atoms with Crippen LogP contribution in [0.5, 0.6) is 0 Å². The van der Waals surface area contributed by atoms with Crippen LogP contribution in [0.1, 0.15) is 52.9 Å². The van der Waals surface area contributed by atoms with E-state index in [2.05, 4.69) is 14.7 Å². The summed E-state index contributed by atoms with van der Waals surface area (Å²) >= 11 is 0. The van der Waals surface area contributed by atoms with Crippen molar-refractivity contribution in [2.24, 2.45) is 4.36 Å². The van der Waals surface area contributed by atoms with E-state index >= 15 is 0 Å². The third kappa shape index (κ3) is 8.37. The van der Waals surface area contributed by atoms with E-state index in [4.69, 9.17) is 5.11 Å². The Labute approximate surface area is 243 Å². The molecule has 1 atom stereocenters. The highest BCUT2D eigenvalue weighted by molar-refractivity contribution is 7.93. The van der Waals surface area contributed by atoms with E-state index in [0.29, 0.717) is 0 Å². The maximum atomic E-state index is 14.0. The van der Waals surface area contributed by atoms with Crippen LogP contribution in [0.3, 0.4) is 0 Å². The second kappa shape index (κ2) is 12.9. The molecule has 0 aliphatic carbocycles. The van der Waals surface area contributed by atoms with Gasteiger partial charge >= 0.3 is 12.3 Å². The molecule has 3 rings (SSSR count). The second-order valence-corrected chi connectivity index (χ2v) is 12.0. The Hall–Kier alpha value is -4.33. The normalized spacial score (nSPS) is 16.3. The summed E-state index contributed by atoms with van der Waals surface area (Å²) in [5.74, 6) is -5.42. The van der Waals surface area contributed by atoms with Crippen LogP contribution in [0, 0.1) is 18.3 Å². The molecule has 1 aliphatic heterocycles. The van der Waals surface area contributed by atoms with Gasteiger partial charge in [0.1, 0.15) is 11.9 Å². The van der Waals surface area contributed by atoms with E-state index in [-0.39, 0.29) is 42.1 Å². The molecule has 232 valence electrons. The second-order valence-electron chi connectivity index (χ2n) is 9.72. The number of anilines is 2. The standard InChI is InChI=1S/C26H27F5N6O5S/c1-15-18(14-32)21(26(29,30)31)35-22(37-11-4-8-25(27,28)9-12-37)20(15)23(39)34-16-5-3-6-17(13-16)43(2,42)36-19(38)7-10-33-24(40)41/h3,5-6,13,33H,4,7-12H2,1-2H3,(H,34,39)(H,40,41). The summed E-state index contributed by atoms with van der Waals surface area (Å²) in [6, 6.07) is 6.74. The van der Waals surface area contributed by atoms with Gasteiger partial charge in [0.15, 0.2) is 5.69 Å². The number of nitrogens with one attached hydrogen (secondary N) is 2. The van der Waals surface area contributed by atoms with Crippen LogP contribution < -0.4 is 15.5 Å². The smallest absolute Gasteiger partial charge is 0.434 e. The van der Waals surface area contributed by atoms with Gasteiger partial charge in [-0.05, 0) is 37.1 Å². The lowest BCUT2D eigenvalue weighted by molar-refractivity contribution is -0.141. The van der Waals surface area contributed by atoms with E-state index in [1.807, 2.05) is 5.32 Å². The van der Waals surface area contributed by atoms with Crippen molar-refractivity contribution in [3.05, 3.63) is 46.6 Å². The van der Waals surface area contributed by atoms with Gasteiger partial charge < -0.3 is 20.6 Å². The number of carboxylic acid groups (broad SMARTS) is 1. The number of amides is 3. The van der Waals surface area contributed by atoms with Gasteiger partial charge in [-0.25, -0.2) is 22.8 Å². The van der Waals surface area contributed by atoms with Crippen LogP contribution in [-0.4, -0.2) is 64.0 Å². The first-order valence-corrected chi connectivity index (χ1v) is 14.7. The summed E-state index contributed by atoms with van der Waals surface area (Å²) in [6.45, 7) is 0.356. The van der Waals surface area contributed by atoms with E-state index in [9.17, 15) is 45.8 Å². The lowest BCUT2D eigenvalue weighted by Crippen LogP contribution is -2.31. The molecule has 1 unspecified atom stereocenters. The number of alkyl halides is 5. The minimum absolute atomic E-state index is 0.000188. The summed E-state index contributed by atoms with van der Waals surface area (Å²) in [4.78, 5) is 40.9. The first kappa shape index (κ1) is 33.2. The van der Waals surface area contributed by atoms with Crippen LogP contribution in [0.4, 0.5) is 38.3 Å². The van der Waals surface area contributed by atoms with Crippen molar-refractivity contribution < 1.29 is 45.7 Å². The lowest BCUT2D eigenvalue weighted by atomic mass is 10.00. The van der Waals surface area contributed by atoms with Crippen molar-refractivity contribution in [2.75, 3.05) is 36.1 Å². The van der Waals surface area contributed by atoms with Gasteiger partial charge in [-0.15, -0.1) is 0 Å². The van der Waals surface area contributed by atoms with E-state index in [1.165, 1.54) is 30.3 Å². The van der Waals surface area contributed by atoms with Crippen LogP contribution in [0.25, 0.3) is 0 Å². The molecule has 1 fully saturated rings. The number of rotatable bonds is 7. The fourth-order valence-electron chi connectivity index (χ4n) is 4.38. The molecular formula is C26H27F5N6O5S. The Morgan fingerprint density at radius 1 is 1.23 bits per heavy atom. The Morgan fingerprint density at radius 3 is 2.56 bits per heavy atom. The Kier molecular flexibility index (Phi) is 9.95. The number of carbonyl (C=O) groups is 3. The van der Waals surface area contributed by atoms with E-state index in [0.717, 1.165) is 18.1 Å². The van der Waals surface area contributed by atoms with Crippen molar-refractivity contribution in [3.63, 3.8) is 0 Å². The SMILES string of the molecule is Cc1c(C#N)c(C(F)(F)F)nc(N2CCCC(F)(F)CC2)c1C(=O)Nc1cccc(S(C)(=O)=NC(=O)CCNC(=O)O)c1. The fourth-order valence-corrected chi connectivity index (χ4v) is 5.64. The summed E-state index contributed by atoms with van der Waals surface area (Å²) < 4.78 is 86.5. The molecule has 1 saturated heterocycles. The van der Waals surface area contributed by atoms with Crippen molar-refractivity contribution in [3.8, 4) is 6.07 Å².